The normalized spacial score (nSPS) is 19.4. The van der Waals surface area contributed by atoms with Crippen LogP contribution in [0, 0.1) is 12.3 Å². The number of aryl methyl sites for hydroxylation is 1. The van der Waals surface area contributed by atoms with Gasteiger partial charge in [0.2, 0.25) is 5.91 Å². The Labute approximate surface area is 205 Å². The van der Waals surface area contributed by atoms with Gasteiger partial charge < -0.3 is 19.9 Å². The Kier molecular flexibility index (Phi) is 7.63. The van der Waals surface area contributed by atoms with Crippen LogP contribution in [0.5, 0.6) is 5.75 Å². The summed E-state index contributed by atoms with van der Waals surface area (Å²) in [5.74, 6) is 0.379. The lowest BCUT2D eigenvalue weighted by Gasteiger charge is -2.42. The van der Waals surface area contributed by atoms with Crippen LogP contribution in [0.3, 0.4) is 0 Å². The predicted octanol–water partition coefficient (Wildman–Crippen LogP) is 2.46. The highest BCUT2D eigenvalue weighted by molar-refractivity contribution is 5.97. The van der Waals surface area contributed by atoms with Crippen molar-refractivity contribution in [3.63, 3.8) is 0 Å². The molecule has 9 heteroatoms. The van der Waals surface area contributed by atoms with Crippen molar-refractivity contribution in [1.29, 1.82) is 0 Å². The monoisotopic (exact) mass is 479 g/mol. The minimum atomic E-state index is -0.528. The zero-order chi connectivity index (χ0) is 24.8. The second-order valence-electron chi connectivity index (χ2n) is 9.38. The molecule has 186 valence electrons. The Morgan fingerprint density at radius 1 is 1.09 bits per heavy atom. The summed E-state index contributed by atoms with van der Waals surface area (Å²) < 4.78 is 5.89. The summed E-state index contributed by atoms with van der Waals surface area (Å²) in [7, 11) is 1.81. The number of carbonyl (C=O) groups is 3. The molecule has 3 amide bonds. The van der Waals surface area contributed by atoms with Gasteiger partial charge in [-0.25, -0.2) is 9.97 Å². The molecule has 35 heavy (non-hydrogen) atoms. The number of nitrogens with zero attached hydrogens (tertiary/aromatic N) is 4. The van der Waals surface area contributed by atoms with Crippen molar-refractivity contribution >= 4 is 17.7 Å². The number of hydrogen-bond donors (Lipinski definition) is 1. The number of piperidine rings is 1. The molecule has 1 spiro atoms. The third-order valence-electron chi connectivity index (χ3n) is 7.13. The van der Waals surface area contributed by atoms with E-state index in [1.54, 1.807) is 42.1 Å². The molecule has 0 bridgehead atoms. The van der Waals surface area contributed by atoms with E-state index in [2.05, 4.69) is 15.3 Å². The maximum atomic E-state index is 13.7. The lowest BCUT2D eigenvalue weighted by atomic mass is 9.73. The molecule has 0 aliphatic carbocycles. The number of likely N-dealkylation sites (tertiary alicyclic amines) is 1. The first-order valence-corrected chi connectivity index (χ1v) is 12.2. The molecule has 0 atom stereocenters. The number of fused-ring (bicyclic) bond motifs is 1. The molecule has 0 saturated carbocycles. The molecule has 2 aromatic rings. The van der Waals surface area contributed by atoms with Gasteiger partial charge in [-0.1, -0.05) is 18.6 Å². The molecular formula is C26H33N5O4. The van der Waals surface area contributed by atoms with Crippen LogP contribution in [0.15, 0.2) is 36.8 Å². The number of aromatic nitrogens is 2. The third kappa shape index (κ3) is 5.44. The van der Waals surface area contributed by atoms with Crippen molar-refractivity contribution in [2.45, 2.75) is 39.0 Å². The molecule has 1 fully saturated rings. The quantitative estimate of drug-likeness (QED) is 0.674. The maximum absolute atomic E-state index is 13.7. The molecule has 0 unspecified atom stereocenters. The SMILES string of the molecule is Cc1ncncc1C(=O)N1CCC2(CCCCNC(=O)c3ccccc3OCCN(C)C2=O)CC1. The van der Waals surface area contributed by atoms with Gasteiger partial charge in [-0.15, -0.1) is 0 Å². The molecule has 1 saturated heterocycles. The van der Waals surface area contributed by atoms with Crippen molar-refractivity contribution in [1.82, 2.24) is 25.1 Å². The minimum Gasteiger partial charge on any atom is -0.491 e. The van der Waals surface area contributed by atoms with Crippen LogP contribution in [0.4, 0.5) is 0 Å². The summed E-state index contributed by atoms with van der Waals surface area (Å²) >= 11 is 0. The summed E-state index contributed by atoms with van der Waals surface area (Å²) in [6.07, 6.45) is 6.51. The highest BCUT2D eigenvalue weighted by Gasteiger charge is 2.43. The molecule has 2 aliphatic rings. The Hall–Kier alpha value is -3.49. The number of benzene rings is 1. The number of likely N-dealkylation sites (N-methyl/N-ethyl adjacent to an activating group) is 1. The zero-order valence-corrected chi connectivity index (χ0v) is 20.5. The molecule has 1 aromatic heterocycles. The first-order valence-electron chi connectivity index (χ1n) is 12.2. The van der Waals surface area contributed by atoms with Crippen molar-refractivity contribution in [2.75, 3.05) is 39.8 Å². The van der Waals surface area contributed by atoms with Crippen LogP contribution < -0.4 is 10.1 Å². The van der Waals surface area contributed by atoms with Crippen molar-refractivity contribution < 1.29 is 19.1 Å². The summed E-state index contributed by atoms with van der Waals surface area (Å²) in [5.41, 5.74) is 1.14. The average Bonchev–Trinajstić information content (AvgIpc) is 2.88. The third-order valence-corrected chi connectivity index (χ3v) is 7.13. The van der Waals surface area contributed by atoms with Crippen LogP contribution in [0.1, 0.15) is 58.5 Å². The standard InChI is InChI=1S/C26H33N5O4/c1-19-21(17-27-18-29-19)24(33)31-13-10-26(11-14-31)9-5-6-12-28-23(32)20-7-3-4-8-22(20)35-16-15-30(2)25(26)34/h3-4,7-8,17-18H,5-6,9-16H2,1-2H3,(H,28,32). The van der Waals surface area contributed by atoms with E-state index < -0.39 is 5.41 Å². The molecule has 4 rings (SSSR count). The topological polar surface area (TPSA) is 105 Å². The number of rotatable bonds is 1. The van der Waals surface area contributed by atoms with Crippen LogP contribution in [0.25, 0.3) is 0 Å². The fraction of sp³-hybridized carbons (Fsp3) is 0.500. The van der Waals surface area contributed by atoms with Gasteiger partial charge in [0.1, 0.15) is 18.7 Å². The van der Waals surface area contributed by atoms with Gasteiger partial charge in [0.15, 0.2) is 0 Å². The van der Waals surface area contributed by atoms with Crippen LogP contribution in [-0.4, -0.2) is 77.3 Å². The number of hydrogen-bond acceptors (Lipinski definition) is 6. The molecule has 1 N–H and O–H groups in total. The van der Waals surface area contributed by atoms with Gasteiger partial charge in [0.05, 0.1) is 28.8 Å². The van der Waals surface area contributed by atoms with Crippen LogP contribution in [0.2, 0.25) is 0 Å². The predicted molar refractivity (Wildman–Crippen MR) is 130 cm³/mol. The number of carbonyl (C=O) groups excluding carboxylic acids is 3. The number of nitrogens with one attached hydrogen (secondary N) is 1. The van der Waals surface area contributed by atoms with E-state index in [1.807, 2.05) is 12.1 Å². The average molecular weight is 480 g/mol. The van der Waals surface area contributed by atoms with E-state index in [4.69, 9.17) is 4.74 Å². The van der Waals surface area contributed by atoms with E-state index in [-0.39, 0.29) is 17.7 Å². The lowest BCUT2D eigenvalue weighted by Crippen LogP contribution is -2.51. The fourth-order valence-corrected chi connectivity index (χ4v) is 4.94. The van der Waals surface area contributed by atoms with Gasteiger partial charge >= 0.3 is 0 Å². The summed E-state index contributed by atoms with van der Waals surface area (Å²) in [6.45, 7) is 4.06. The Balaban J connectivity index is 1.47. The minimum absolute atomic E-state index is 0.0885. The summed E-state index contributed by atoms with van der Waals surface area (Å²) in [6, 6.07) is 7.17. The highest BCUT2D eigenvalue weighted by Crippen LogP contribution is 2.39. The van der Waals surface area contributed by atoms with E-state index >= 15 is 0 Å². The first-order chi connectivity index (χ1) is 16.9. The Morgan fingerprint density at radius 2 is 1.86 bits per heavy atom. The largest absolute Gasteiger partial charge is 0.491 e. The Morgan fingerprint density at radius 3 is 2.63 bits per heavy atom. The maximum Gasteiger partial charge on any atom is 0.257 e. The summed E-state index contributed by atoms with van der Waals surface area (Å²) in [4.78, 5) is 51.0. The fourth-order valence-electron chi connectivity index (χ4n) is 4.94. The van der Waals surface area contributed by atoms with E-state index in [0.717, 1.165) is 19.3 Å². The lowest BCUT2D eigenvalue weighted by molar-refractivity contribution is -0.144. The van der Waals surface area contributed by atoms with Crippen molar-refractivity contribution in [2.24, 2.45) is 5.41 Å². The van der Waals surface area contributed by atoms with Gasteiger partial charge in [0, 0.05) is 32.9 Å². The van der Waals surface area contributed by atoms with Gasteiger partial charge in [0.25, 0.3) is 11.8 Å². The van der Waals surface area contributed by atoms with Gasteiger partial charge in [-0.3, -0.25) is 14.4 Å². The number of para-hydroxylation sites is 1. The molecule has 0 radical (unpaired) electrons. The second-order valence-corrected chi connectivity index (χ2v) is 9.38. The molecule has 1 aromatic carbocycles. The summed E-state index contributed by atoms with van der Waals surface area (Å²) in [5, 5.41) is 2.97. The molecule has 3 heterocycles. The van der Waals surface area contributed by atoms with Gasteiger partial charge in [-0.2, -0.15) is 0 Å². The smallest absolute Gasteiger partial charge is 0.257 e. The van der Waals surface area contributed by atoms with Crippen LogP contribution >= 0.6 is 0 Å². The van der Waals surface area contributed by atoms with Crippen molar-refractivity contribution in [3.05, 3.63) is 53.6 Å². The van der Waals surface area contributed by atoms with E-state index in [0.29, 0.717) is 68.2 Å². The number of ether oxygens (including phenoxy) is 1. The first kappa shape index (κ1) is 24.6. The molecular weight excluding hydrogens is 446 g/mol. The second kappa shape index (κ2) is 10.8. The van der Waals surface area contributed by atoms with Gasteiger partial charge in [-0.05, 0) is 44.7 Å². The molecule has 2 aliphatic heterocycles. The zero-order valence-electron chi connectivity index (χ0n) is 20.5. The number of amides is 3. The van der Waals surface area contributed by atoms with E-state index in [9.17, 15) is 14.4 Å². The highest BCUT2D eigenvalue weighted by atomic mass is 16.5. The van der Waals surface area contributed by atoms with Crippen molar-refractivity contribution in [3.8, 4) is 5.75 Å². The van der Waals surface area contributed by atoms with E-state index in [1.165, 1.54) is 6.33 Å². The molecule has 9 nitrogen and oxygen atoms in total. The Bertz CT molecular complexity index is 1080. The van der Waals surface area contributed by atoms with Crippen LogP contribution in [-0.2, 0) is 4.79 Å².